The van der Waals surface area contributed by atoms with Gasteiger partial charge in [0.05, 0.1) is 6.61 Å². The lowest BCUT2D eigenvalue weighted by molar-refractivity contribution is 0.180. The van der Waals surface area contributed by atoms with Crippen molar-refractivity contribution in [3.05, 3.63) is 28.2 Å². The Labute approximate surface area is 98.9 Å². The third-order valence-corrected chi connectivity index (χ3v) is 3.34. The summed E-state index contributed by atoms with van der Waals surface area (Å²) in [5, 5.41) is 0. The molecule has 2 rings (SSSR count). The summed E-state index contributed by atoms with van der Waals surface area (Å²) in [6.07, 6.45) is 4.00. The minimum atomic E-state index is 0.555. The molecular formula is C12H16BrNO. The minimum absolute atomic E-state index is 0.555. The highest BCUT2D eigenvalue weighted by atomic mass is 79.9. The standard InChI is InChI=1S/C12H16BrNO/c13-11-4-10(7-14)5-12(6-11)15-8-9-2-1-3-9/h4-6,9H,1-3,7-8,14H2. The number of hydrogen-bond acceptors (Lipinski definition) is 2. The molecule has 0 radical (unpaired) electrons. The number of benzene rings is 1. The van der Waals surface area contributed by atoms with Crippen LogP contribution in [0.1, 0.15) is 24.8 Å². The van der Waals surface area contributed by atoms with Crippen LogP contribution in [0.25, 0.3) is 0 Å². The molecule has 82 valence electrons. The Hall–Kier alpha value is -0.540. The van der Waals surface area contributed by atoms with E-state index >= 15 is 0 Å². The molecule has 1 aromatic carbocycles. The molecule has 1 aliphatic carbocycles. The van der Waals surface area contributed by atoms with Crippen molar-refractivity contribution in [3.8, 4) is 5.75 Å². The van der Waals surface area contributed by atoms with E-state index in [2.05, 4.69) is 15.9 Å². The van der Waals surface area contributed by atoms with Gasteiger partial charge in [-0.1, -0.05) is 22.4 Å². The molecule has 1 aromatic rings. The maximum absolute atomic E-state index is 5.75. The van der Waals surface area contributed by atoms with Gasteiger partial charge >= 0.3 is 0 Å². The van der Waals surface area contributed by atoms with E-state index in [0.29, 0.717) is 6.54 Å². The van der Waals surface area contributed by atoms with Crippen LogP contribution in [0.2, 0.25) is 0 Å². The maximum Gasteiger partial charge on any atom is 0.120 e. The second-order valence-corrected chi connectivity index (χ2v) is 5.02. The largest absolute Gasteiger partial charge is 0.493 e. The smallest absolute Gasteiger partial charge is 0.120 e. The number of hydrogen-bond donors (Lipinski definition) is 1. The lowest BCUT2D eigenvalue weighted by Gasteiger charge is -2.25. The van der Waals surface area contributed by atoms with Crippen molar-refractivity contribution in [2.24, 2.45) is 11.7 Å². The number of rotatable bonds is 4. The zero-order valence-corrected chi connectivity index (χ0v) is 10.3. The molecule has 2 nitrogen and oxygen atoms in total. The molecule has 15 heavy (non-hydrogen) atoms. The van der Waals surface area contributed by atoms with Crippen LogP contribution < -0.4 is 10.5 Å². The Kier molecular flexibility index (Phi) is 3.65. The minimum Gasteiger partial charge on any atom is -0.493 e. The molecule has 2 N–H and O–H groups in total. The summed E-state index contributed by atoms with van der Waals surface area (Å²) in [7, 11) is 0. The quantitative estimate of drug-likeness (QED) is 0.912. The molecule has 0 atom stereocenters. The van der Waals surface area contributed by atoms with Crippen molar-refractivity contribution in [3.63, 3.8) is 0 Å². The summed E-state index contributed by atoms with van der Waals surface area (Å²) >= 11 is 3.46. The molecule has 0 amide bonds. The summed E-state index contributed by atoms with van der Waals surface area (Å²) in [6, 6.07) is 6.04. The van der Waals surface area contributed by atoms with Crippen LogP contribution in [0.4, 0.5) is 0 Å². The van der Waals surface area contributed by atoms with Gasteiger partial charge in [-0.15, -0.1) is 0 Å². The van der Waals surface area contributed by atoms with Crippen molar-refractivity contribution in [1.29, 1.82) is 0 Å². The second-order valence-electron chi connectivity index (χ2n) is 4.11. The van der Waals surface area contributed by atoms with Crippen LogP contribution in [-0.2, 0) is 6.54 Å². The van der Waals surface area contributed by atoms with Gasteiger partial charge < -0.3 is 10.5 Å². The van der Waals surface area contributed by atoms with Crippen LogP contribution in [0.3, 0.4) is 0 Å². The first-order valence-electron chi connectivity index (χ1n) is 5.40. The van der Waals surface area contributed by atoms with Crippen LogP contribution in [-0.4, -0.2) is 6.61 Å². The van der Waals surface area contributed by atoms with Gasteiger partial charge in [-0.25, -0.2) is 0 Å². The molecule has 0 aromatic heterocycles. The maximum atomic E-state index is 5.75. The summed E-state index contributed by atoms with van der Waals surface area (Å²) in [4.78, 5) is 0. The topological polar surface area (TPSA) is 35.2 Å². The van der Waals surface area contributed by atoms with E-state index in [1.807, 2.05) is 18.2 Å². The molecule has 1 aliphatic rings. The van der Waals surface area contributed by atoms with Crippen molar-refractivity contribution in [2.45, 2.75) is 25.8 Å². The van der Waals surface area contributed by atoms with E-state index in [4.69, 9.17) is 10.5 Å². The van der Waals surface area contributed by atoms with Gasteiger partial charge in [-0.2, -0.15) is 0 Å². The number of ether oxygens (including phenoxy) is 1. The average molecular weight is 270 g/mol. The Morgan fingerprint density at radius 1 is 1.33 bits per heavy atom. The van der Waals surface area contributed by atoms with Crippen molar-refractivity contribution >= 4 is 15.9 Å². The summed E-state index contributed by atoms with van der Waals surface area (Å²) in [5.41, 5.74) is 6.71. The third kappa shape index (κ3) is 2.95. The van der Waals surface area contributed by atoms with E-state index in [-0.39, 0.29) is 0 Å². The number of nitrogens with two attached hydrogens (primary N) is 1. The molecule has 1 fully saturated rings. The highest BCUT2D eigenvalue weighted by Gasteiger charge is 2.17. The van der Waals surface area contributed by atoms with Gasteiger partial charge in [-0.3, -0.25) is 0 Å². The van der Waals surface area contributed by atoms with Gasteiger partial charge in [0.2, 0.25) is 0 Å². The van der Waals surface area contributed by atoms with Crippen LogP contribution >= 0.6 is 15.9 Å². The third-order valence-electron chi connectivity index (χ3n) is 2.88. The summed E-state index contributed by atoms with van der Waals surface area (Å²) in [5.74, 6) is 1.70. The molecule has 3 heteroatoms. The monoisotopic (exact) mass is 269 g/mol. The van der Waals surface area contributed by atoms with Gasteiger partial charge in [-0.05, 0) is 42.5 Å². The first kappa shape index (κ1) is 11.0. The van der Waals surface area contributed by atoms with Crippen molar-refractivity contribution in [2.75, 3.05) is 6.61 Å². The molecule has 0 bridgehead atoms. The molecule has 1 saturated carbocycles. The lowest BCUT2D eigenvalue weighted by Crippen LogP contribution is -2.19. The average Bonchev–Trinajstić information content (AvgIpc) is 2.14. The zero-order valence-electron chi connectivity index (χ0n) is 8.71. The fourth-order valence-corrected chi connectivity index (χ4v) is 2.22. The Bertz CT molecular complexity index is 336. The molecule has 0 saturated heterocycles. The summed E-state index contributed by atoms with van der Waals surface area (Å²) < 4.78 is 6.78. The van der Waals surface area contributed by atoms with Crippen LogP contribution in [0, 0.1) is 5.92 Å². The van der Waals surface area contributed by atoms with Gasteiger partial charge in [0.15, 0.2) is 0 Å². The fourth-order valence-electron chi connectivity index (χ4n) is 1.70. The van der Waals surface area contributed by atoms with Crippen LogP contribution in [0.15, 0.2) is 22.7 Å². The molecule has 0 aliphatic heterocycles. The molecule has 0 heterocycles. The van der Waals surface area contributed by atoms with E-state index in [0.717, 1.165) is 28.3 Å². The van der Waals surface area contributed by atoms with Gasteiger partial charge in [0, 0.05) is 11.0 Å². The zero-order chi connectivity index (χ0) is 10.7. The lowest BCUT2D eigenvalue weighted by atomic mass is 9.86. The predicted octanol–water partition coefficient (Wildman–Crippen LogP) is 3.09. The van der Waals surface area contributed by atoms with E-state index in [9.17, 15) is 0 Å². The first-order valence-corrected chi connectivity index (χ1v) is 6.19. The fraction of sp³-hybridized carbons (Fsp3) is 0.500. The highest BCUT2D eigenvalue weighted by molar-refractivity contribution is 9.10. The van der Waals surface area contributed by atoms with Crippen molar-refractivity contribution in [1.82, 2.24) is 0 Å². The van der Waals surface area contributed by atoms with Gasteiger partial charge in [0.25, 0.3) is 0 Å². The van der Waals surface area contributed by atoms with Gasteiger partial charge in [0.1, 0.15) is 5.75 Å². The van der Waals surface area contributed by atoms with E-state index < -0.39 is 0 Å². The second kappa shape index (κ2) is 4.99. The Balaban J connectivity index is 1.96. The van der Waals surface area contributed by atoms with Crippen molar-refractivity contribution < 1.29 is 4.74 Å². The predicted molar refractivity (Wildman–Crippen MR) is 64.9 cm³/mol. The summed E-state index contributed by atoms with van der Waals surface area (Å²) in [6.45, 7) is 1.40. The van der Waals surface area contributed by atoms with E-state index in [1.54, 1.807) is 0 Å². The van der Waals surface area contributed by atoms with Crippen LogP contribution in [0.5, 0.6) is 5.75 Å². The first-order chi connectivity index (χ1) is 7.28. The Morgan fingerprint density at radius 3 is 2.73 bits per heavy atom. The molecule has 0 unspecified atom stereocenters. The van der Waals surface area contributed by atoms with E-state index in [1.165, 1.54) is 19.3 Å². The SMILES string of the molecule is NCc1cc(Br)cc(OCC2CCC2)c1. The molecular weight excluding hydrogens is 254 g/mol. The molecule has 0 spiro atoms. The number of halogens is 1. The highest BCUT2D eigenvalue weighted by Crippen LogP contribution is 2.28. The normalized spacial score (nSPS) is 16.1. The Morgan fingerprint density at radius 2 is 2.13 bits per heavy atom.